The average molecular weight is 305 g/mol. The van der Waals surface area contributed by atoms with Crippen molar-refractivity contribution in [2.75, 3.05) is 20.1 Å². The van der Waals surface area contributed by atoms with Crippen molar-refractivity contribution in [3.8, 4) is 0 Å². The summed E-state index contributed by atoms with van der Waals surface area (Å²) in [4.78, 5) is 2.41. The van der Waals surface area contributed by atoms with E-state index < -0.39 is 0 Å². The second-order valence-corrected chi connectivity index (χ2v) is 5.37. The molecule has 1 aliphatic heterocycles. The summed E-state index contributed by atoms with van der Waals surface area (Å²) in [6.45, 7) is 3.57. The van der Waals surface area contributed by atoms with Gasteiger partial charge in [0, 0.05) is 12.7 Å². The number of hydrogen-bond acceptors (Lipinski definition) is 2. The van der Waals surface area contributed by atoms with Crippen molar-refractivity contribution in [2.45, 2.75) is 19.4 Å². The molecular weight excluding hydrogens is 289 g/mol. The minimum atomic E-state index is 0.821. The third-order valence-electron chi connectivity index (χ3n) is 2.89. The molecule has 2 heterocycles. The lowest BCUT2D eigenvalue weighted by Crippen LogP contribution is -2.31. The van der Waals surface area contributed by atoms with E-state index in [4.69, 9.17) is 0 Å². The first-order valence-corrected chi connectivity index (χ1v) is 6.18. The molecule has 0 atom stereocenters. The van der Waals surface area contributed by atoms with Crippen LogP contribution in [0, 0.1) is 9.49 Å². The van der Waals surface area contributed by atoms with Crippen LogP contribution < -0.4 is 0 Å². The Morgan fingerprint density at radius 1 is 1.50 bits per heavy atom. The molecule has 78 valence electrons. The monoisotopic (exact) mass is 305 g/mol. The molecule has 14 heavy (non-hydrogen) atoms. The molecule has 3 nitrogen and oxygen atoms in total. The van der Waals surface area contributed by atoms with Crippen LogP contribution in [0.15, 0.2) is 12.4 Å². The predicted octanol–water partition coefficient (Wildman–Crippen LogP) is 1.83. The van der Waals surface area contributed by atoms with Gasteiger partial charge in [-0.25, -0.2) is 0 Å². The zero-order chi connectivity index (χ0) is 9.97. The van der Waals surface area contributed by atoms with Gasteiger partial charge in [-0.05, 0) is 61.5 Å². The molecule has 0 amide bonds. The standard InChI is InChI=1S/C10H16IN3/c1-13-4-2-9(3-5-13)7-14-8-10(11)6-12-14/h6,8-9H,2-5,7H2,1H3. The Bertz CT molecular complexity index is 289. The summed E-state index contributed by atoms with van der Waals surface area (Å²) in [5, 5.41) is 4.32. The number of nitrogens with zero attached hydrogens (tertiary/aromatic N) is 3. The van der Waals surface area contributed by atoms with Crippen LogP contribution in [0.1, 0.15) is 12.8 Å². The highest BCUT2D eigenvalue weighted by Gasteiger charge is 2.16. The average Bonchev–Trinajstić information content (AvgIpc) is 2.56. The molecule has 1 aliphatic rings. The van der Waals surface area contributed by atoms with E-state index in [0.717, 1.165) is 12.5 Å². The van der Waals surface area contributed by atoms with Crippen LogP contribution in [0.25, 0.3) is 0 Å². The van der Waals surface area contributed by atoms with Gasteiger partial charge in [0.15, 0.2) is 0 Å². The molecule has 0 aliphatic carbocycles. The lowest BCUT2D eigenvalue weighted by Gasteiger charge is -2.28. The van der Waals surface area contributed by atoms with E-state index in [1.54, 1.807) is 0 Å². The first-order valence-electron chi connectivity index (χ1n) is 5.10. The van der Waals surface area contributed by atoms with Crippen LogP contribution in [0.5, 0.6) is 0 Å². The van der Waals surface area contributed by atoms with Crippen molar-refractivity contribution in [1.29, 1.82) is 0 Å². The maximum Gasteiger partial charge on any atom is 0.0623 e. The normalized spacial score (nSPS) is 20.1. The molecule has 0 spiro atoms. The molecule has 4 heteroatoms. The summed E-state index contributed by atoms with van der Waals surface area (Å²) < 4.78 is 3.31. The summed E-state index contributed by atoms with van der Waals surface area (Å²) in [7, 11) is 2.20. The minimum Gasteiger partial charge on any atom is -0.306 e. The van der Waals surface area contributed by atoms with Crippen LogP contribution in [0.3, 0.4) is 0 Å². The van der Waals surface area contributed by atoms with Gasteiger partial charge in [0.25, 0.3) is 0 Å². The summed E-state index contributed by atoms with van der Waals surface area (Å²) in [6.07, 6.45) is 6.67. The number of piperidine rings is 1. The van der Waals surface area contributed by atoms with Crippen LogP contribution >= 0.6 is 22.6 Å². The van der Waals surface area contributed by atoms with E-state index in [2.05, 4.69) is 50.5 Å². The number of aromatic nitrogens is 2. The Morgan fingerprint density at radius 3 is 2.79 bits per heavy atom. The fraction of sp³-hybridized carbons (Fsp3) is 0.700. The van der Waals surface area contributed by atoms with Crippen molar-refractivity contribution in [3.05, 3.63) is 16.0 Å². The highest BCUT2D eigenvalue weighted by Crippen LogP contribution is 2.17. The van der Waals surface area contributed by atoms with Crippen molar-refractivity contribution >= 4 is 22.6 Å². The Balaban J connectivity index is 1.86. The summed E-state index contributed by atoms with van der Waals surface area (Å²) >= 11 is 2.31. The predicted molar refractivity (Wildman–Crippen MR) is 65.2 cm³/mol. The minimum absolute atomic E-state index is 0.821. The van der Waals surface area contributed by atoms with E-state index in [0.29, 0.717) is 0 Å². The van der Waals surface area contributed by atoms with Gasteiger partial charge >= 0.3 is 0 Å². The number of likely N-dealkylation sites (tertiary alicyclic amines) is 1. The van der Waals surface area contributed by atoms with Crippen LogP contribution in [0.4, 0.5) is 0 Å². The molecule has 1 saturated heterocycles. The van der Waals surface area contributed by atoms with Crippen LogP contribution in [-0.4, -0.2) is 34.8 Å². The largest absolute Gasteiger partial charge is 0.306 e. The molecular formula is C10H16IN3. The highest BCUT2D eigenvalue weighted by atomic mass is 127. The second kappa shape index (κ2) is 4.61. The topological polar surface area (TPSA) is 21.1 Å². The van der Waals surface area contributed by atoms with Gasteiger partial charge in [-0.3, -0.25) is 4.68 Å². The molecule has 1 aromatic heterocycles. The molecule has 2 rings (SSSR count). The third kappa shape index (κ3) is 2.70. The fourth-order valence-corrected chi connectivity index (χ4v) is 2.39. The van der Waals surface area contributed by atoms with Gasteiger partial charge in [-0.15, -0.1) is 0 Å². The molecule has 1 fully saturated rings. The molecule has 0 unspecified atom stereocenters. The lowest BCUT2D eigenvalue weighted by atomic mass is 9.97. The van der Waals surface area contributed by atoms with Crippen molar-refractivity contribution in [2.24, 2.45) is 5.92 Å². The summed E-state index contributed by atoms with van der Waals surface area (Å²) in [6, 6.07) is 0. The zero-order valence-corrected chi connectivity index (χ0v) is 10.6. The molecule has 0 saturated carbocycles. The van der Waals surface area contributed by atoms with Crippen LogP contribution in [-0.2, 0) is 6.54 Å². The first kappa shape index (κ1) is 10.4. The van der Waals surface area contributed by atoms with Gasteiger partial charge in [-0.1, -0.05) is 0 Å². The molecule has 1 aromatic rings. The summed E-state index contributed by atoms with van der Waals surface area (Å²) in [5.41, 5.74) is 0. The van der Waals surface area contributed by atoms with Gasteiger partial charge in [0.05, 0.1) is 9.77 Å². The Kier molecular flexibility index (Phi) is 3.43. The fourth-order valence-electron chi connectivity index (χ4n) is 1.95. The van der Waals surface area contributed by atoms with Gasteiger partial charge in [-0.2, -0.15) is 5.10 Å². The molecule has 0 radical (unpaired) electrons. The Labute approximate surface area is 98.6 Å². The lowest BCUT2D eigenvalue weighted by molar-refractivity contribution is 0.201. The van der Waals surface area contributed by atoms with Gasteiger partial charge < -0.3 is 4.90 Å². The van der Waals surface area contributed by atoms with Gasteiger partial charge in [0.2, 0.25) is 0 Å². The third-order valence-corrected chi connectivity index (χ3v) is 3.44. The molecule has 0 N–H and O–H groups in total. The van der Waals surface area contributed by atoms with E-state index in [-0.39, 0.29) is 0 Å². The summed E-state index contributed by atoms with van der Waals surface area (Å²) in [5.74, 6) is 0.821. The maximum absolute atomic E-state index is 4.32. The zero-order valence-electron chi connectivity index (χ0n) is 8.49. The molecule has 0 bridgehead atoms. The van der Waals surface area contributed by atoms with E-state index in [9.17, 15) is 0 Å². The smallest absolute Gasteiger partial charge is 0.0623 e. The molecule has 0 aromatic carbocycles. The second-order valence-electron chi connectivity index (χ2n) is 4.13. The Morgan fingerprint density at radius 2 is 2.21 bits per heavy atom. The quantitative estimate of drug-likeness (QED) is 0.777. The van der Waals surface area contributed by atoms with Crippen molar-refractivity contribution < 1.29 is 0 Å². The van der Waals surface area contributed by atoms with Crippen LogP contribution in [0.2, 0.25) is 0 Å². The van der Waals surface area contributed by atoms with Gasteiger partial charge in [0.1, 0.15) is 0 Å². The SMILES string of the molecule is CN1CCC(Cn2cc(I)cn2)CC1. The number of halogens is 1. The highest BCUT2D eigenvalue weighted by molar-refractivity contribution is 14.1. The van der Waals surface area contributed by atoms with Crippen molar-refractivity contribution in [1.82, 2.24) is 14.7 Å². The Hall–Kier alpha value is -0.100. The first-order chi connectivity index (χ1) is 6.74. The van der Waals surface area contributed by atoms with E-state index in [1.165, 1.54) is 29.5 Å². The van der Waals surface area contributed by atoms with E-state index >= 15 is 0 Å². The van der Waals surface area contributed by atoms with E-state index in [1.807, 2.05) is 6.20 Å². The van der Waals surface area contributed by atoms with Crippen molar-refractivity contribution in [3.63, 3.8) is 0 Å². The number of hydrogen-bond donors (Lipinski definition) is 0. The number of rotatable bonds is 2. The maximum atomic E-state index is 4.32.